The first-order chi connectivity index (χ1) is 6.49. The Morgan fingerprint density at radius 2 is 2.21 bits per heavy atom. The lowest BCUT2D eigenvalue weighted by Crippen LogP contribution is -2.05. The minimum Gasteiger partial charge on any atom is -0.244 e. The molecule has 0 unspecified atom stereocenters. The zero-order valence-corrected chi connectivity index (χ0v) is 8.18. The molecule has 0 radical (unpaired) electrons. The van der Waals surface area contributed by atoms with E-state index in [0.717, 1.165) is 6.26 Å². The molecule has 14 heavy (non-hydrogen) atoms. The Morgan fingerprint density at radius 1 is 1.57 bits per heavy atom. The van der Waals surface area contributed by atoms with E-state index in [1.165, 1.54) is 12.1 Å². The third-order valence-electron chi connectivity index (χ3n) is 1.53. The molecule has 0 spiro atoms. The number of nitriles is 1. The molecule has 0 saturated carbocycles. The first-order valence-electron chi connectivity index (χ1n) is 3.65. The van der Waals surface area contributed by atoms with Crippen LogP contribution in [-0.2, 0) is 16.5 Å². The van der Waals surface area contributed by atoms with Crippen LogP contribution in [0.15, 0.2) is 17.2 Å². The molecule has 0 amide bonds. The van der Waals surface area contributed by atoms with E-state index in [0.29, 0.717) is 0 Å². The van der Waals surface area contributed by atoms with Crippen LogP contribution in [-0.4, -0.2) is 19.7 Å². The predicted octanol–water partition coefficient (Wildman–Crippen LogP) is 0.826. The summed E-state index contributed by atoms with van der Waals surface area (Å²) in [6, 6.07) is 4.22. The topological polar surface area (TPSA) is 70.8 Å². The smallest absolute Gasteiger partial charge is 0.194 e. The molecule has 0 saturated heterocycles. The van der Waals surface area contributed by atoms with Crippen molar-refractivity contribution < 1.29 is 12.8 Å². The summed E-state index contributed by atoms with van der Waals surface area (Å²) in [6.07, 6.45) is 0.929. The Hall–Kier alpha value is -1.48. The molecule has 1 heterocycles. The largest absolute Gasteiger partial charge is 0.244 e. The zero-order valence-electron chi connectivity index (χ0n) is 7.36. The Kier molecular flexibility index (Phi) is 2.81. The van der Waals surface area contributed by atoms with Gasteiger partial charge in [-0.15, -0.1) is 0 Å². The van der Waals surface area contributed by atoms with Crippen LogP contribution in [0.3, 0.4) is 0 Å². The van der Waals surface area contributed by atoms with Gasteiger partial charge in [0.25, 0.3) is 0 Å². The molecule has 1 aromatic rings. The Labute approximate surface area is 80.9 Å². The van der Waals surface area contributed by atoms with Crippen molar-refractivity contribution in [2.24, 2.45) is 0 Å². The maximum absolute atomic E-state index is 12.2. The van der Waals surface area contributed by atoms with Crippen molar-refractivity contribution in [1.82, 2.24) is 4.98 Å². The first-order valence-corrected chi connectivity index (χ1v) is 5.54. The van der Waals surface area contributed by atoms with Gasteiger partial charge in [0, 0.05) is 6.26 Å². The highest BCUT2D eigenvalue weighted by Gasteiger charge is 2.15. The van der Waals surface area contributed by atoms with Crippen LogP contribution in [0.4, 0.5) is 4.39 Å². The number of nitrogens with zero attached hydrogens (tertiary/aromatic N) is 2. The van der Waals surface area contributed by atoms with Gasteiger partial charge in [-0.05, 0) is 12.1 Å². The van der Waals surface area contributed by atoms with Crippen LogP contribution in [0, 0.1) is 11.3 Å². The van der Waals surface area contributed by atoms with Gasteiger partial charge in [-0.3, -0.25) is 0 Å². The van der Waals surface area contributed by atoms with E-state index in [4.69, 9.17) is 5.26 Å². The maximum Gasteiger partial charge on any atom is 0.194 e. The number of rotatable bonds is 2. The molecule has 0 aliphatic carbocycles. The highest BCUT2D eigenvalue weighted by atomic mass is 32.2. The van der Waals surface area contributed by atoms with Crippen LogP contribution >= 0.6 is 0 Å². The number of hydrogen-bond acceptors (Lipinski definition) is 4. The summed E-state index contributed by atoms with van der Waals surface area (Å²) in [5.41, 5.74) is -0.0610. The van der Waals surface area contributed by atoms with Crippen LogP contribution in [0.25, 0.3) is 0 Å². The normalized spacial score (nSPS) is 10.9. The third kappa shape index (κ3) is 2.06. The second kappa shape index (κ2) is 3.72. The monoisotopic (exact) mass is 214 g/mol. The summed E-state index contributed by atoms with van der Waals surface area (Å²) in [6.45, 7) is -0.853. The fourth-order valence-electron chi connectivity index (χ4n) is 0.921. The molecular formula is C8H7FN2O2S. The lowest BCUT2D eigenvalue weighted by atomic mass is 10.3. The number of sulfone groups is 1. The van der Waals surface area contributed by atoms with Crippen LogP contribution < -0.4 is 0 Å². The summed E-state index contributed by atoms with van der Waals surface area (Å²) < 4.78 is 34.5. The third-order valence-corrected chi connectivity index (χ3v) is 2.54. The van der Waals surface area contributed by atoms with Gasteiger partial charge in [0.2, 0.25) is 0 Å². The molecule has 1 rings (SSSR count). The van der Waals surface area contributed by atoms with E-state index in [1.54, 1.807) is 6.07 Å². The molecule has 0 aliphatic rings. The quantitative estimate of drug-likeness (QED) is 0.730. The van der Waals surface area contributed by atoms with Gasteiger partial charge in [-0.2, -0.15) is 5.26 Å². The molecule has 6 heteroatoms. The van der Waals surface area contributed by atoms with Crippen LogP contribution in [0.5, 0.6) is 0 Å². The molecule has 1 aromatic heterocycles. The molecule has 0 bridgehead atoms. The van der Waals surface area contributed by atoms with Crippen molar-refractivity contribution in [2.75, 3.05) is 6.26 Å². The average molecular weight is 214 g/mol. The van der Waals surface area contributed by atoms with Crippen molar-refractivity contribution in [3.8, 4) is 6.07 Å². The van der Waals surface area contributed by atoms with E-state index in [2.05, 4.69) is 4.98 Å². The molecule has 0 atom stereocenters. The summed E-state index contributed by atoms with van der Waals surface area (Å²) in [7, 11) is -3.58. The van der Waals surface area contributed by atoms with Crippen molar-refractivity contribution in [3.05, 3.63) is 23.4 Å². The van der Waals surface area contributed by atoms with Gasteiger partial charge < -0.3 is 0 Å². The number of alkyl halides is 1. The highest BCUT2D eigenvalue weighted by molar-refractivity contribution is 7.90. The average Bonchev–Trinajstić information content (AvgIpc) is 2.15. The van der Waals surface area contributed by atoms with Crippen molar-refractivity contribution in [3.63, 3.8) is 0 Å². The maximum atomic E-state index is 12.2. The number of aromatic nitrogens is 1. The van der Waals surface area contributed by atoms with Gasteiger partial charge in [0.15, 0.2) is 14.9 Å². The standard InChI is InChI=1S/C8H7FN2O2S/c1-14(12,13)8-6(5-10)2-3-7(4-9)11-8/h2-3H,4H2,1H3. The molecule has 0 aliphatic heterocycles. The second-order valence-electron chi connectivity index (χ2n) is 2.67. The van der Waals surface area contributed by atoms with Crippen molar-refractivity contribution >= 4 is 9.84 Å². The number of pyridine rings is 1. The van der Waals surface area contributed by atoms with Crippen molar-refractivity contribution in [2.45, 2.75) is 11.7 Å². The van der Waals surface area contributed by atoms with E-state index in [9.17, 15) is 12.8 Å². The molecule has 0 fully saturated rings. The highest BCUT2D eigenvalue weighted by Crippen LogP contribution is 2.13. The summed E-state index contributed by atoms with van der Waals surface area (Å²) in [4.78, 5) is 3.55. The minimum atomic E-state index is -3.58. The van der Waals surface area contributed by atoms with Gasteiger partial charge in [-0.25, -0.2) is 17.8 Å². The molecule has 74 valence electrons. The lowest BCUT2D eigenvalue weighted by molar-refractivity contribution is 0.473. The van der Waals surface area contributed by atoms with Gasteiger partial charge in [0.1, 0.15) is 12.7 Å². The van der Waals surface area contributed by atoms with E-state index >= 15 is 0 Å². The van der Waals surface area contributed by atoms with Crippen molar-refractivity contribution in [1.29, 1.82) is 5.26 Å². The first kappa shape index (κ1) is 10.6. The molecule has 0 N–H and O–H groups in total. The fraction of sp³-hybridized carbons (Fsp3) is 0.250. The Bertz CT molecular complexity index is 491. The van der Waals surface area contributed by atoms with E-state index < -0.39 is 16.5 Å². The van der Waals surface area contributed by atoms with Gasteiger partial charge in [0.05, 0.1) is 11.3 Å². The fourth-order valence-corrected chi connectivity index (χ4v) is 1.72. The Morgan fingerprint density at radius 3 is 2.64 bits per heavy atom. The SMILES string of the molecule is CS(=O)(=O)c1nc(CF)ccc1C#N. The molecular weight excluding hydrogens is 207 g/mol. The summed E-state index contributed by atoms with van der Waals surface area (Å²) in [5, 5.41) is 8.23. The molecule has 4 nitrogen and oxygen atoms in total. The predicted molar refractivity (Wildman–Crippen MR) is 46.9 cm³/mol. The van der Waals surface area contributed by atoms with Crippen LogP contribution in [0.1, 0.15) is 11.3 Å². The summed E-state index contributed by atoms with van der Waals surface area (Å²) >= 11 is 0. The van der Waals surface area contributed by atoms with E-state index in [-0.39, 0.29) is 16.3 Å². The summed E-state index contributed by atoms with van der Waals surface area (Å²) in [5.74, 6) is 0. The minimum absolute atomic E-state index is 0.00410. The van der Waals surface area contributed by atoms with Gasteiger partial charge >= 0.3 is 0 Å². The second-order valence-corrected chi connectivity index (χ2v) is 4.60. The zero-order chi connectivity index (χ0) is 10.8. The van der Waals surface area contributed by atoms with E-state index in [1.807, 2.05) is 0 Å². The van der Waals surface area contributed by atoms with Gasteiger partial charge in [-0.1, -0.05) is 0 Å². The van der Waals surface area contributed by atoms with Crippen LogP contribution in [0.2, 0.25) is 0 Å². The molecule has 0 aromatic carbocycles. The Balaban J connectivity index is 3.47. The number of halogens is 1. The number of hydrogen-bond donors (Lipinski definition) is 0. The lowest BCUT2D eigenvalue weighted by Gasteiger charge is -2.01.